The molecule has 2 saturated heterocycles. The van der Waals surface area contributed by atoms with E-state index in [1.165, 1.54) is 24.1 Å². The zero-order chi connectivity index (χ0) is 18.1. The van der Waals surface area contributed by atoms with Crippen LogP contribution in [0.15, 0.2) is 18.2 Å². The average Bonchev–Trinajstić information content (AvgIpc) is 3.00. The molecule has 0 bridgehead atoms. The minimum absolute atomic E-state index is 0. The Hall–Kier alpha value is -1.46. The second-order valence-corrected chi connectivity index (χ2v) is 8.21. The maximum absolute atomic E-state index is 11.9. The van der Waals surface area contributed by atoms with Gasteiger partial charge in [0.2, 0.25) is 0 Å². The number of anilines is 1. The van der Waals surface area contributed by atoms with Crippen LogP contribution in [0.4, 0.5) is 10.5 Å². The third-order valence-electron chi connectivity index (χ3n) is 6.43. The third-order valence-corrected chi connectivity index (χ3v) is 6.67. The average molecular weight is 380 g/mol. The Balaban J connectivity index is 0.00000210. The lowest BCUT2D eigenvalue weighted by molar-refractivity contribution is 0.0584. The van der Waals surface area contributed by atoms with E-state index in [-0.39, 0.29) is 12.9 Å². The number of carbonyl (C=O) groups excluding carboxylic acids is 1. The summed E-state index contributed by atoms with van der Waals surface area (Å²) in [5, 5.41) is 4.41. The van der Waals surface area contributed by atoms with Crippen molar-refractivity contribution in [1.29, 1.82) is 0 Å². The van der Waals surface area contributed by atoms with Crippen molar-refractivity contribution in [2.24, 2.45) is 0 Å². The van der Waals surface area contributed by atoms with Crippen LogP contribution in [0.25, 0.3) is 0 Å². The summed E-state index contributed by atoms with van der Waals surface area (Å²) < 4.78 is 5.12. The molecule has 4 rings (SSSR count). The smallest absolute Gasteiger partial charge is 0.409 e. The second kappa shape index (κ2) is 7.28. The number of hydrogen-bond donors (Lipinski definition) is 1. The molecular weight excluding hydrogens is 350 g/mol. The van der Waals surface area contributed by atoms with Crippen LogP contribution in [0, 0.1) is 0 Å². The van der Waals surface area contributed by atoms with E-state index in [0.717, 1.165) is 50.6 Å². The molecule has 2 fully saturated rings. The predicted octanol–water partition coefficient (Wildman–Crippen LogP) is 3.97. The van der Waals surface area contributed by atoms with Crippen molar-refractivity contribution in [1.82, 2.24) is 9.80 Å². The molecule has 1 amide bonds. The van der Waals surface area contributed by atoms with Crippen LogP contribution < -0.4 is 5.32 Å². The van der Waals surface area contributed by atoms with Gasteiger partial charge < -0.3 is 19.9 Å². The number of benzene rings is 1. The summed E-state index contributed by atoms with van der Waals surface area (Å²) >= 11 is 6.26. The zero-order valence-corrected chi connectivity index (χ0v) is 16.2. The number of nitrogens with zero attached hydrogens (tertiary/aromatic N) is 2. The van der Waals surface area contributed by atoms with Gasteiger partial charge in [-0.3, -0.25) is 0 Å². The highest BCUT2D eigenvalue weighted by atomic mass is 35.5. The van der Waals surface area contributed by atoms with Crippen LogP contribution in [-0.4, -0.2) is 61.3 Å². The van der Waals surface area contributed by atoms with Crippen molar-refractivity contribution in [2.75, 3.05) is 44.6 Å². The molecule has 144 valence electrons. The molecule has 1 aromatic carbocycles. The Morgan fingerprint density at radius 3 is 2.73 bits per heavy atom. The van der Waals surface area contributed by atoms with Crippen LogP contribution in [0.2, 0.25) is 5.02 Å². The highest BCUT2D eigenvalue weighted by Gasteiger charge is 2.42. The monoisotopic (exact) mass is 379 g/mol. The maximum atomic E-state index is 11.9. The van der Waals surface area contributed by atoms with Gasteiger partial charge in [-0.25, -0.2) is 4.79 Å². The van der Waals surface area contributed by atoms with E-state index in [9.17, 15) is 4.79 Å². The van der Waals surface area contributed by atoms with E-state index >= 15 is 0 Å². The molecular formula is C20H30ClN3O2. The van der Waals surface area contributed by atoms with Crippen molar-refractivity contribution in [3.05, 3.63) is 28.8 Å². The summed E-state index contributed by atoms with van der Waals surface area (Å²) in [6.45, 7) is 7.20. The number of piperidine rings is 2. The highest BCUT2D eigenvalue weighted by molar-refractivity contribution is 6.30. The number of amides is 1. The van der Waals surface area contributed by atoms with E-state index in [1.807, 2.05) is 17.9 Å². The molecule has 1 aromatic rings. The molecule has 0 atom stereocenters. The number of fused-ring (bicyclic) bond motifs is 2. The van der Waals surface area contributed by atoms with E-state index < -0.39 is 0 Å². The largest absolute Gasteiger partial charge is 0.450 e. The molecule has 0 aromatic heterocycles. The van der Waals surface area contributed by atoms with Gasteiger partial charge in [0.05, 0.1) is 6.61 Å². The molecule has 1 spiro atoms. The standard InChI is InChI=1S/C20H28ClN3O2.H2/c1-2-26-19(25)24-9-5-16(6-10-24)23-11-7-20(8-12-23)14-22-18-4-3-15(21)13-17(18)20;/h3-4,13,16,22H,2,5-12,14H2,1H3;1H. The summed E-state index contributed by atoms with van der Waals surface area (Å²) in [5.74, 6) is 0. The predicted molar refractivity (Wildman–Crippen MR) is 106 cm³/mol. The van der Waals surface area contributed by atoms with Gasteiger partial charge in [-0.2, -0.15) is 0 Å². The fraction of sp³-hybridized carbons (Fsp3) is 0.650. The first-order chi connectivity index (χ1) is 12.6. The van der Waals surface area contributed by atoms with Gasteiger partial charge in [0.15, 0.2) is 0 Å². The molecule has 3 heterocycles. The Morgan fingerprint density at radius 2 is 2.04 bits per heavy atom. The van der Waals surface area contributed by atoms with Crippen molar-refractivity contribution < 1.29 is 11.0 Å². The van der Waals surface area contributed by atoms with Crippen LogP contribution in [0.5, 0.6) is 0 Å². The quantitative estimate of drug-likeness (QED) is 0.844. The lowest BCUT2D eigenvalue weighted by Crippen LogP contribution is -2.51. The summed E-state index contributed by atoms with van der Waals surface area (Å²) in [4.78, 5) is 16.4. The van der Waals surface area contributed by atoms with Crippen molar-refractivity contribution >= 4 is 23.4 Å². The van der Waals surface area contributed by atoms with Gasteiger partial charge >= 0.3 is 6.09 Å². The number of halogens is 1. The normalized spacial score (nSPS) is 22.9. The van der Waals surface area contributed by atoms with Gasteiger partial charge in [-0.05, 0) is 69.5 Å². The fourth-order valence-corrected chi connectivity index (χ4v) is 5.03. The number of ether oxygens (including phenoxy) is 1. The van der Waals surface area contributed by atoms with Crippen LogP contribution >= 0.6 is 11.6 Å². The van der Waals surface area contributed by atoms with Gasteiger partial charge in [0, 0.05) is 43.2 Å². The van der Waals surface area contributed by atoms with E-state index in [1.54, 1.807) is 0 Å². The fourth-order valence-electron chi connectivity index (χ4n) is 4.86. The summed E-state index contributed by atoms with van der Waals surface area (Å²) in [7, 11) is 0. The number of hydrogen-bond acceptors (Lipinski definition) is 4. The second-order valence-electron chi connectivity index (χ2n) is 7.78. The van der Waals surface area contributed by atoms with E-state index in [2.05, 4.69) is 22.3 Å². The van der Waals surface area contributed by atoms with Crippen LogP contribution in [-0.2, 0) is 10.2 Å². The molecule has 0 radical (unpaired) electrons. The molecule has 3 aliphatic rings. The molecule has 0 unspecified atom stereocenters. The van der Waals surface area contributed by atoms with Crippen molar-refractivity contribution in [3.8, 4) is 0 Å². The minimum atomic E-state index is -0.158. The Labute approximate surface area is 162 Å². The molecule has 0 saturated carbocycles. The van der Waals surface area contributed by atoms with Gasteiger partial charge in [-0.15, -0.1) is 0 Å². The number of likely N-dealkylation sites (tertiary alicyclic amines) is 2. The maximum Gasteiger partial charge on any atom is 0.409 e. The highest BCUT2D eigenvalue weighted by Crippen LogP contribution is 2.45. The molecule has 0 aliphatic carbocycles. The number of carbonyl (C=O) groups is 1. The minimum Gasteiger partial charge on any atom is -0.450 e. The summed E-state index contributed by atoms with van der Waals surface area (Å²) in [6, 6.07) is 6.83. The first-order valence-electron chi connectivity index (χ1n) is 9.81. The van der Waals surface area contributed by atoms with Gasteiger partial charge in [-0.1, -0.05) is 11.6 Å². The number of nitrogens with one attached hydrogen (secondary N) is 1. The molecule has 3 aliphatic heterocycles. The van der Waals surface area contributed by atoms with Crippen molar-refractivity contribution in [2.45, 2.75) is 44.1 Å². The topological polar surface area (TPSA) is 44.8 Å². The number of rotatable bonds is 2. The van der Waals surface area contributed by atoms with Crippen LogP contribution in [0.3, 0.4) is 0 Å². The Bertz CT molecular complexity index is 671. The lowest BCUT2D eigenvalue weighted by Gasteiger charge is -2.45. The SMILES string of the molecule is CCOC(=O)N1CCC(N2CCC3(CC2)CNc2ccc(Cl)cc23)CC1.[HH]. The Morgan fingerprint density at radius 1 is 1.31 bits per heavy atom. The lowest BCUT2D eigenvalue weighted by atomic mass is 9.74. The van der Waals surface area contributed by atoms with Crippen LogP contribution in [0.1, 0.15) is 39.6 Å². The Kier molecular flexibility index (Phi) is 5.02. The molecule has 1 N–H and O–H groups in total. The summed E-state index contributed by atoms with van der Waals surface area (Å²) in [6.07, 6.45) is 4.28. The van der Waals surface area contributed by atoms with Gasteiger partial charge in [0.25, 0.3) is 0 Å². The van der Waals surface area contributed by atoms with Crippen molar-refractivity contribution in [3.63, 3.8) is 0 Å². The van der Waals surface area contributed by atoms with E-state index in [4.69, 9.17) is 16.3 Å². The first-order valence-corrected chi connectivity index (χ1v) is 10.2. The molecule has 5 nitrogen and oxygen atoms in total. The summed E-state index contributed by atoms with van der Waals surface area (Å²) in [5.41, 5.74) is 2.90. The molecule has 6 heteroatoms. The molecule has 26 heavy (non-hydrogen) atoms. The van der Waals surface area contributed by atoms with E-state index in [0.29, 0.717) is 12.6 Å². The third kappa shape index (κ3) is 3.27. The van der Waals surface area contributed by atoms with Gasteiger partial charge in [0.1, 0.15) is 0 Å². The first kappa shape index (κ1) is 17.9. The zero-order valence-electron chi connectivity index (χ0n) is 15.5.